The third-order valence-electron chi connectivity index (χ3n) is 5.95. The predicted octanol–water partition coefficient (Wildman–Crippen LogP) is 5.97. The monoisotopic (exact) mass is 414 g/mol. The van der Waals surface area contributed by atoms with Crippen molar-refractivity contribution in [2.45, 2.75) is 38.4 Å². The van der Waals surface area contributed by atoms with Gasteiger partial charge in [-0.3, -0.25) is 4.79 Å². The molecule has 3 heteroatoms. The van der Waals surface area contributed by atoms with Gasteiger partial charge >= 0.3 is 5.97 Å². The van der Waals surface area contributed by atoms with Gasteiger partial charge in [0.2, 0.25) is 0 Å². The van der Waals surface area contributed by atoms with E-state index in [9.17, 15) is 4.79 Å². The largest absolute Gasteiger partial charge is 0.460 e. The number of esters is 1. The van der Waals surface area contributed by atoms with Gasteiger partial charge in [-0.05, 0) is 35.4 Å². The van der Waals surface area contributed by atoms with Crippen molar-refractivity contribution in [3.8, 4) is 0 Å². The van der Waals surface area contributed by atoms with Crippen molar-refractivity contribution in [3.05, 3.63) is 108 Å². The average molecular weight is 415 g/mol. The zero-order valence-corrected chi connectivity index (χ0v) is 18.2. The molecule has 1 fully saturated rings. The van der Waals surface area contributed by atoms with E-state index in [0.717, 1.165) is 23.1 Å². The second-order valence-corrected chi connectivity index (χ2v) is 8.71. The molecule has 2 atom stereocenters. The quantitative estimate of drug-likeness (QED) is 0.336. The van der Waals surface area contributed by atoms with E-state index in [2.05, 4.69) is 50.2 Å². The number of benzene rings is 3. The van der Waals surface area contributed by atoms with Crippen LogP contribution in [0.5, 0.6) is 0 Å². The van der Waals surface area contributed by atoms with Gasteiger partial charge < -0.3 is 9.47 Å². The minimum atomic E-state index is -0.785. The van der Waals surface area contributed by atoms with Crippen molar-refractivity contribution < 1.29 is 14.3 Å². The highest BCUT2D eigenvalue weighted by Gasteiger charge is 2.41. The van der Waals surface area contributed by atoms with Gasteiger partial charge in [0, 0.05) is 0 Å². The Bertz CT molecular complexity index is 870. The summed E-state index contributed by atoms with van der Waals surface area (Å²) >= 11 is 0. The van der Waals surface area contributed by atoms with E-state index in [4.69, 9.17) is 9.47 Å². The summed E-state index contributed by atoms with van der Waals surface area (Å²) in [5.74, 6) is 0.342. The Balaban J connectivity index is 1.70. The molecule has 1 saturated heterocycles. The molecule has 0 saturated carbocycles. The Morgan fingerprint density at radius 1 is 0.839 bits per heavy atom. The molecule has 0 N–H and O–H groups in total. The van der Waals surface area contributed by atoms with E-state index in [1.807, 2.05) is 54.6 Å². The van der Waals surface area contributed by atoms with Gasteiger partial charge in [0.15, 0.2) is 0 Å². The molecule has 3 aromatic carbocycles. The lowest BCUT2D eigenvalue weighted by Crippen LogP contribution is -2.35. The van der Waals surface area contributed by atoms with Crippen molar-refractivity contribution in [2.24, 2.45) is 11.8 Å². The van der Waals surface area contributed by atoms with Gasteiger partial charge in [-0.25, -0.2) is 0 Å². The zero-order valence-electron chi connectivity index (χ0n) is 18.2. The Morgan fingerprint density at radius 2 is 1.29 bits per heavy atom. The summed E-state index contributed by atoms with van der Waals surface area (Å²) in [6.45, 7) is 4.63. The molecule has 160 valence electrons. The maximum absolute atomic E-state index is 12.4. The highest BCUT2D eigenvalue weighted by atomic mass is 16.6. The first-order valence-electron chi connectivity index (χ1n) is 11.1. The number of cyclic esters (lactones) is 1. The zero-order chi connectivity index (χ0) is 21.7. The molecule has 1 unspecified atom stereocenters. The van der Waals surface area contributed by atoms with Gasteiger partial charge in [0.05, 0.1) is 12.5 Å². The molecule has 4 rings (SSSR count). The molecule has 1 heterocycles. The summed E-state index contributed by atoms with van der Waals surface area (Å²) in [5.41, 5.74) is 2.37. The lowest BCUT2D eigenvalue weighted by Gasteiger charge is -2.36. The van der Waals surface area contributed by atoms with Crippen LogP contribution in [0.1, 0.15) is 43.4 Å². The van der Waals surface area contributed by atoms with Crippen molar-refractivity contribution in [1.29, 1.82) is 0 Å². The molecule has 3 nitrogen and oxygen atoms in total. The van der Waals surface area contributed by atoms with E-state index in [1.165, 1.54) is 0 Å². The number of carbonyl (C=O) groups is 1. The van der Waals surface area contributed by atoms with Crippen LogP contribution < -0.4 is 0 Å². The second-order valence-electron chi connectivity index (χ2n) is 8.71. The van der Waals surface area contributed by atoms with Gasteiger partial charge in [-0.2, -0.15) is 0 Å². The van der Waals surface area contributed by atoms with Crippen molar-refractivity contribution in [2.75, 3.05) is 6.61 Å². The smallest absolute Gasteiger partial charge is 0.309 e. The minimum absolute atomic E-state index is 0.0341. The molecule has 1 aliphatic heterocycles. The third kappa shape index (κ3) is 4.57. The van der Waals surface area contributed by atoms with Gasteiger partial charge in [0.25, 0.3) is 0 Å². The highest BCUT2D eigenvalue weighted by Crippen LogP contribution is 2.41. The van der Waals surface area contributed by atoms with Crippen LogP contribution in [0, 0.1) is 11.8 Å². The van der Waals surface area contributed by atoms with Crippen LogP contribution >= 0.6 is 0 Å². The summed E-state index contributed by atoms with van der Waals surface area (Å²) in [5, 5.41) is 0. The van der Waals surface area contributed by atoms with Gasteiger partial charge in [-0.15, -0.1) is 0 Å². The van der Waals surface area contributed by atoms with E-state index >= 15 is 0 Å². The summed E-state index contributed by atoms with van der Waals surface area (Å²) < 4.78 is 12.5. The molecule has 1 aliphatic rings. The predicted molar refractivity (Wildman–Crippen MR) is 123 cm³/mol. The molecule has 0 aliphatic carbocycles. The fourth-order valence-electron chi connectivity index (χ4n) is 4.57. The number of hydrogen-bond acceptors (Lipinski definition) is 3. The van der Waals surface area contributed by atoms with Crippen LogP contribution in [0.4, 0.5) is 0 Å². The molecular formula is C28H30O3. The molecule has 3 aromatic rings. The SMILES string of the molecule is CC(C)CC1C[C@@H](COC(c2ccccc2)(c2ccccc2)c2ccccc2)OC1=O. The first-order chi connectivity index (χ1) is 15.1. The van der Waals surface area contributed by atoms with E-state index in [1.54, 1.807) is 0 Å². The van der Waals surface area contributed by atoms with Crippen LogP contribution in [0.3, 0.4) is 0 Å². The Labute approximate surface area is 185 Å². The number of rotatable bonds is 8. The maximum atomic E-state index is 12.4. The first-order valence-corrected chi connectivity index (χ1v) is 11.1. The number of carbonyl (C=O) groups excluding carboxylic acids is 1. The molecule has 31 heavy (non-hydrogen) atoms. The van der Waals surface area contributed by atoms with Crippen molar-refractivity contribution in [1.82, 2.24) is 0 Å². The Morgan fingerprint density at radius 3 is 1.71 bits per heavy atom. The van der Waals surface area contributed by atoms with Crippen LogP contribution in [-0.4, -0.2) is 18.7 Å². The fraction of sp³-hybridized carbons (Fsp3) is 0.321. The molecule has 0 amide bonds. The fourth-order valence-corrected chi connectivity index (χ4v) is 4.57. The minimum Gasteiger partial charge on any atom is -0.460 e. The lowest BCUT2D eigenvalue weighted by atomic mass is 9.80. The van der Waals surface area contributed by atoms with Gasteiger partial charge in [-0.1, -0.05) is 105 Å². The summed E-state index contributed by atoms with van der Waals surface area (Å²) in [4.78, 5) is 12.4. The van der Waals surface area contributed by atoms with E-state index in [-0.39, 0.29) is 18.0 Å². The van der Waals surface area contributed by atoms with E-state index in [0.29, 0.717) is 18.9 Å². The lowest BCUT2D eigenvalue weighted by molar-refractivity contribution is -0.148. The van der Waals surface area contributed by atoms with Crippen molar-refractivity contribution in [3.63, 3.8) is 0 Å². The molecular weight excluding hydrogens is 384 g/mol. The molecule has 0 aromatic heterocycles. The van der Waals surface area contributed by atoms with Crippen LogP contribution in [0.2, 0.25) is 0 Å². The molecule has 0 bridgehead atoms. The van der Waals surface area contributed by atoms with Gasteiger partial charge in [0.1, 0.15) is 11.7 Å². The normalized spacial score (nSPS) is 18.9. The second kappa shape index (κ2) is 9.49. The summed E-state index contributed by atoms with van der Waals surface area (Å²) in [6.07, 6.45) is 1.34. The maximum Gasteiger partial charge on any atom is 0.309 e. The molecule has 0 spiro atoms. The topological polar surface area (TPSA) is 35.5 Å². The van der Waals surface area contributed by atoms with Crippen molar-refractivity contribution >= 4 is 5.97 Å². The Hall–Kier alpha value is -2.91. The standard InChI is InChI=1S/C28H30O3/c1-21(2)18-22-19-26(31-27(22)29)20-30-28(23-12-6-3-7-13-23,24-14-8-4-9-15-24)25-16-10-5-11-17-25/h3-17,21-22,26H,18-20H2,1-2H3/t22?,26-/m0/s1. The average Bonchev–Trinajstić information content (AvgIpc) is 3.15. The highest BCUT2D eigenvalue weighted by molar-refractivity contribution is 5.74. The number of ether oxygens (including phenoxy) is 2. The number of hydrogen-bond donors (Lipinski definition) is 0. The van der Waals surface area contributed by atoms with E-state index < -0.39 is 5.60 Å². The first kappa shape index (κ1) is 21.3. The Kier molecular flexibility index (Phi) is 6.53. The molecule has 0 radical (unpaired) electrons. The van der Waals surface area contributed by atoms with Crippen LogP contribution in [0.15, 0.2) is 91.0 Å². The summed E-state index contributed by atoms with van der Waals surface area (Å²) in [7, 11) is 0. The summed E-state index contributed by atoms with van der Waals surface area (Å²) in [6, 6.07) is 30.8. The third-order valence-corrected chi connectivity index (χ3v) is 5.95. The van der Waals surface area contributed by atoms with Crippen LogP contribution in [-0.2, 0) is 19.9 Å². The van der Waals surface area contributed by atoms with Crippen LogP contribution in [0.25, 0.3) is 0 Å².